The van der Waals surface area contributed by atoms with Crippen molar-refractivity contribution in [3.63, 3.8) is 0 Å². The number of carbonyl (C=O) groups is 3. The Hall–Kier alpha value is -1.39. The quantitative estimate of drug-likeness (QED) is 0.356. The number of hydrogen-bond donors (Lipinski definition) is 0. The molecular formula is C33H52O5. The first-order valence-electron chi connectivity index (χ1n) is 15.3. The van der Waals surface area contributed by atoms with Crippen LogP contribution < -0.4 is 0 Å². The molecule has 0 amide bonds. The summed E-state index contributed by atoms with van der Waals surface area (Å²) in [7, 11) is 1.53. The lowest BCUT2D eigenvalue weighted by Crippen LogP contribution is -2.70. The number of hydrogen-bond acceptors (Lipinski definition) is 5. The van der Waals surface area contributed by atoms with E-state index in [2.05, 4.69) is 48.5 Å². The molecule has 38 heavy (non-hydrogen) atoms. The van der Waals surface area contributed by atoms with Gasteiger partial charge in [0.15, 0.2) is 0 Å². The minimum Gasteiger partial charge on any atom is -0.469 e. The molecule has 5 nitrogen and oxygen atoms in total. The molecule has 0 aromatic carbocycles. The third-order valence-electron chi connectivity index (χ3n) is 13.9. The van der Waals surface area contributed by atoms with Crippen LogP contribution in [0, 0.1) is 56.2 Å². The average Bonchev–Trinajstić information content (AvgIpc) is 2.81. The Labute approximate surface area is 230 Å². The molecule has 0 spiro atoms. The zero-order valence-corrected chi connectivity index (χ0v) is 25.5. The molecule has 2 unspecified atom stereocenters. The number of fused-ring (bicyclic) bond motifs is 7. The molecule has 5 rings (SSSR count). The largest absolute Gasteiger partial charge is 0.469 e. The van der Waals surface area contributed by atoms with Gasteiger partial charge in [0.05, 0.1) is 12.5 Å². The first-order valence-corrected chi connectivity index (χ1v) is 15.3. The Morgan fingerprint density at radius 3 is 2.11 bits per heavy atom. The van der Waals surface area contributed by atoms with Crippen molar-refractivity contribution in [3.8, 4) is 0 Å². The van der Waals surface area contributed by atoms with Crippen LogP contribution in [-0.4, -0.2) is 30.9 Å². The minimum absolute atomic E-state index is 0.0273. The molecule has 5 aliphatic carbocycles. The van der Waals surface area contributed by atoms with Crippen LogP contribution in [0.5, 0.6) is 0 Å². The first-order chi connectivity index (χ1) is 17.5. The van der Waals surface area contributed by atoms with Gasteiger partial charge in [-0.25, -0.2) is 0 Å². The van der Waals surface area contributed by atoms with E-state index in [4.69, 9.17) is 9.47 Å². The molecule has 0 saturated heterocycles. The average molecular weight is 529 g/mol. The number of ether oxygens (including phenoxy) is 2. The normalized spacial score (nSPS) is 49.0. The topological polar surface area (TPSA) is 69.7 Å². The van der Waals surface area contributed by atoms with Crippen LogP contribution in [0.15, 0.2) is 0 Å². The van der Waals surface area contributed by atoms with Crippen LogP contribution in [0.4, 0.5) is 0 Å². The highest BCUT2D eigenvalue weighted by Crippen LogP contribution is 2.76. The summed E-state index contributed by atoms with van der Waals surface area (Å²) in [6.45, 7) is 18.1. The van der Waals surface area contributed by atoms with E-state index in [0.29, 0.717) is 24.0 Å². The fourth-order valence-electron chi connectivity index (χ4n) is 11.7. The van der Waals surface area contributed by atoms with Crippen molar-refractivity contribution in [3.05, 3.63) is 0 Å². The molecule has 0 heterocycles. The Morgan fingerprint density at radius 1 is 0.816 bits per heavy atom. The summed E-state index contributed by atoms with van der Waals surface area (Å²) in [5.74, 6) is 0.815. The van der Waals surface area contributed by atoms with Crippen LogP contribution >= 0.6 is 0 Å². The van der Waals surface area contributed by atoms with Crippen LogP contribution in [0.1, 0.15) is 120 Å². The van der Waals surface area contributed by atoms with E-state index in [-0.39, 0.29) is 57.0 Å². The highest BCUT2D eigenvalue weighted by Gasteiger charge is 2.73. The highest BCUT2D eigenvalue weighted by atomic mass is 16.5. The zero-order valence-electron chi connectivity index (χ0n) is 25.5. The van der Waals surface area contributed by atoms with E-state index in [0.717, 1.165) is 57.8 Å². The molecule has 5 aliphatic rings. The van der Waals surface area contributed by atoms with Crippen molar-refractivity contribution in [1.82, 2.24) is 0 Å². The predicted octanol–water partition coefficient (Wildman–Crippen LogP) is 7.15. The second-order valence-electron chi connectivity index (χ2n) is 16.2. The molecule has 0 aromatic rings. The van der Waals surface area contributed by atoms with Gasteiger partial charge in [0.25, 0.3) is 0 Å². The summed E-state index contributed by atoms with van der Waals surface area (Å²) in [5, 5.41) is 0. The maximum atomic E-state index is 14.5. The third kappa shape index (κ3) is 3.57. The van der Waals surface area contributed by atoms with Gasteiger partial charge in [-0.05, 0) is 97.2 Å². The maximum absolute atomic E-state index is 14.5. The lowest BCUT2D eigenvalue weighted by Gasteiger charge is -2.72. The summed E-state index contributed by atoms with van der Waals surface area (Å²) in [6, 6.07) is 0. The second kappa shape index (κ2) is 8.56. The molecule has 0 aliphatic heterocycles. The van der Waals surface area contributed by atoms with E-state index < -0.39 is 5.41 Å². The lowest BCUT2D eigenvalue weighted by molar-refractivity contribution is -0.248. The molecule has 5 fully saturated rings. The van der Waals surface area contributed by atoms with Gasteiger partial charge in [-0.1, -0.05) is 48.5 Å². The molecule has 0 radical (unpaired) electrons. The van der Waals surface area contributed by atoms with Crippen LogP contribution in [0.2, 0.25) is 0 Å². The maximum Gasteiger partial charge on any atom is 0.312 e. The van der Waals surface area contributed by atoms with Crippen LogP contribution in [-0.2, 0) is 23.9 Å². The number of rotatable bonds is 2. The predicted molar refractivity (Wildman–Crippen MR) is 147 cm³/mol. The number of esters is 2. The summed E-state index contributed by atoms with van der Waals surface area (Å²) >= 11 is 0. The van der Waals surface area contributed by atoms with Gasteiger partial charge >= 0.3 is 11.9 Å². The Kier molecular flexibility index (Phi) is 6.34. The van der Waals surface area contributed by atoms with Crippen molar-refractivity contribution >= 4 is 17.7 Å². The molecule has 0 aromatic heterocycles. The lowest BCUT2D eigenvalue weighted by atomic mass is 9.31. The van der Waals surface area contributed by atoms with Gasteiger partial charge in [0, 0.05) is 24.7 Å². The summed E-state index contributed by atoms with van der Waals surface area (Å²) in [4.78, 5) is 39.9. The van der Waals surface area contributed by atoms with Crippen molar-refractivity contribution in [1.29, 1.82) is 0 Å². The van der Waals surface area contributed by atoms with Crippen molar-refractivity contribution in [2.45, 2.75) is 126 Å². The number of carbonyl (C=O) groups excluding carboxylic acids is 3. The molecule has 0 N–H and O–H groups in total. The third-order valence-corrected chi connectivity index (χ3v) is 13.9. The van der Waals surface area contributed by atoms with Gasteiger partial charge in [0.2, 0.25) is 0 Å². The molecule has 5 saturated carbocycles. The minimum atomic E-state index is -0.515. The highest BCUT2D eigenvalue weighted by molar-refractivity contribution is 5.86. The fourth-order valence-corrected chi connectivity index (χ4v) is 11.7. The van der Waals surface area contributed by atoms with Crippen molar-refractivity contribution < 1.29 is 23.9 Å². The molecule has 214 valence electrons. The van der Waals surface area contributed by atoms with Crippen LogP contribution in [0.3, 0.4) is 0 Å². The van der Waals surface area contributed by atoms with Gasteiger partial charge in [-0.15, -0.1) is 0 Å². The monoisotopic (exact) mass is 528 g/mol. The SMILES string of the molecule is COC(=O)[C@]12CCC(C)(C)C[C@H]1[C@H]1C(=O)CC3[C@@]4(C)CC[C@H](OC(C)=O)C(C)(C)C4CC[C@@]3(C)[C@]1(C)CC2. The summed E-state index contributed by atoms with van der Waals surface area (Å²) in [5.41, 5.74) is -0.585. The van der Waals surface area contributed by atoms with Gasteiger partial charge in [-0.3, -0.25) is 14.4 Å². The number of methoxy groups -OCH3 is 1. The van der Waals surface area contributed by atoms with Crippen LogP contribution in [0.25, 0.3) is 0 Å². The smallest absolute Gasteiger partial charge is 0.312 e. The summed E-state index contributed by atoms with van der Waals surface area (Å²) < 4.78 is 11.3. The number of Topliss-reactive ketones (excluding diaryl/α,β-unsaturated/α-hetero) is 1. The fraction of sp³-hybridized carbons (Fsp3) is 0.909. The van der Waals surface area contributed by atoms with E-state index in [1.807, 2.05) is 0 Å². The van der Waals surface area contributed by atoms with Crippen molar-refractivity contribution in [2.24, 2.45) is 56.2 Å². The van der Waals surface area contributed by atoms with Gasteiger partial charge in [-0.2, -0.15) is 0 Å². The second-order valence-corrected chi connectivity index (χ2v) is 16.2. The zero-order chi connectivity index (χ0) is 28.1. The van der Waals surface area contributed by atoms with Crippen molar-refractivity contribution in [2.75, 3.05) is 7.11 Å². The molecular weight excluding hydrogens is 476 g/mol. The van der Waals surface area contributed by atoms with E-state index in [9.17, 15) is 14.4 Å². The Bertz CT molecular complexity index is 1030. The van der Waals surface area contributed by atoms with E-state index >= 15 is 0 Å². The van der Waals surface area contributed by atoms with Gasteiger partial charge in [0.1, 0.15) is 11.9 Å². The van der Waals surface area contributed by atoms with E-state index in [1.165, 1.54) is 14.0 Å². The standard InChI is InChI=1S/C33H52O5/c1-20(34)38-25-11-12-30(6)23(29(25,4)5)10-13-31(7)24(30)18-22(35)26-21-19-28(2,3)14-16-33(21,27(36)37-9)17-15-32(26,31)8/h21,23-26H,10-19H2,1-9H3/t21-,23?,24?,25-,26-,30-,31+,32+,33-/m0/s1. The molecule has 5 heteroatoms. The summed E-state index contributed by atoms with van der Waals surface area (Å²) in [6.07, 6.45) is 9.13. The van der Waals surface area contributed by atoms with E-state index in [1.54, 1.807) is 0 Å². The molecule has 9 atom stereocenters. The Balaban J connectivity index is 1.55. The molecule has 0 bridgehead atoms. The number of ketones is 1. The Morgan fingerprint density at radius 2 is 1.47 bits per heavy atom. The van der Waals surface area contributed by atoms with Gasteiger partial charge < -0.3 is 9.47 Å². The first kappa shape index (κ1) is 28.1.